The van der Waals surface area contributed by atoms with Crippen molar-refractivity contribution in [2.75, 3.05) is 0 Å². The predicted octanol–water partition coefficient (Wildman–Crippen LogP) is 1.92. The second kappa shape index (κ2) is 4.06. The number of hydrogen-bond donors (Lipinski definition) is 1. The predicted molar refractivity (Wildman–Crippen MR) is 60.4 cm³/mol. The minimum atomic E-state index is -0.304. The van der Waals surface area contributed by atoms with Gasteiger partial charge in [0.15, 0.2) is 0 Å². The Morgan fingerprint density at radius 1 is 1.44 bits per heavy atom. The Morgan fingerprint density at radius 2 is 2.19 bits per heavy atom. The Hall–Kier alpha value is -1.68. The van der Waals surface area contributed by atoms with Crippen LogP contribution in [0, 0.1) is 12.7 Å². The third-order valence-corrected chi connectivity index (χ3v) is 2.61. The van der Waals surface area contributed by atoms with Gasteiger partial charge in [0.25, 0.3) is 0 Å². The number of nitrogens with two attached hydrogens (primary N) is 1. The molecule has 84 valence electrons. The molecule has 0 saturated carbocycles. The average molecular weight is 219 g/mol. The van der Waals surface area contributed by atoms with Crippen LogP contribution in [0.5, 0.6) is 0 Å². The number of hydrogen-bond acceptors (Lipinski definition) is 2. The van der Waals surface area contributed by atoms with Gasteiger partial charge in [-0.15, -0.1) is 0 Å². The van der Waals surface area contributed by atoms with Crippen molar-refractivity contribution in [1.29, 1.82) is 0 Å². The van der Waals surface area contributed by atoms with Gasteiger partial charge in [0.2, 0.25) is 0 Å². The molecule has 0 aliphatic heterocycles. The highest BCUT2D eigenvalue weighted by molar-refractivity contribution is 5.33. The van der Waals surface area contributed by atoms with Crippen molar-refractivity contribution in [2.24, 2.45) is 12.8 Å². The first kappa shape index (κ1) is 10.8. The zero-order valence-corrected chi connectivity index (χ0v) is 9.31. The summed E-state index contributed by atoms with van der Waals surface area (Å²) in [6, 6.07) is 4.31. The summed E-state index contributed by atoms with van der Waals surface area (Å²) in [6.45, 7) is 1.85. The Morgan fingerprint density at radius 3 is 2.75 bits per heavy atom. The largest absolute Gasteiger partial charge is 0.340 e. The lowest BCUT2D eigenvalue weighted by atomic mass is 10.00. The van der Waals surface area contributed by atoms with Crippen molar-refractivity contribution in [1.82, 2.24) is 9.55 Å². The minimum Gasteiger partial charge on any atom is -0.340 e. The fourth-order valence-corrected chi connectivity index (χ4v) is 1.74. The van der Waals surface area contributed by atoms with E-state index in [-0.39, 0.29) is 11.9 Å². The van der Waals surface area contributed by atoms with Gasteiger partial charge in [-0.2, -0.15) is 0 Å². The minimum absolute atomic E-state index is 0.241. The molecule has 0 saturated heterocycles. The van der Waals surface area contributed by atoms with Gasteiger partial charge in [-0.25, -0.2) is 9.37 Å². The number of nitrogens with zero attached hydrogens (tertiary/aromatic N) is 2. The lowest BCUT2D eigenvalue weighted by molar-refractivity contribution is 0.624. The maximum Gasteiger partial charge on any atom is 0.123 e. The van der Waals surface area contributed by atoms with Crippen molar-refractivity contribution < 1.29 is 4.39 Å². The molecule has 0 aliphatic carbocycles. The van der Waals surface area contributed by atoms with E-state index >= 15 is 0 Å². The van der Waals surface area contributed by atoms with Gasteiger partial charge < -0.3 is 10.3 Å². The van der Waals surface area contributed by atoms with Gasteiger partial charge >= 0.3 is 0 Å². The quantitative estimate of drug-likeness (QED) is 0.838. The molecule has 2 rings (SSSR count). The lowest BCUT2D eigenvalue weighted by Crippen LogP contribution is -2.13. The van der Waals surface area contributed by atoms with E-state index in [1.807, 2.05) is 24.7 Å². The van der Waals surface area contributed by atoms with Gasteiger partial charge in [0.05, 0.1) is 18.1 Å². The van der Waals surface area contributed by atoms with Gasteiger partial charge in [-0.3, -0.25) is 0 Å². The number of aryl methyl sites for hydroxylation is 2. The Balaban J connectivity index is 2.37. The number of imidazole rings is 1. The molecule has 2 N–H and O–H groups in total. The van der Waals surface area contributed by atoms with Crippen LogP contribution >= 0.6 is 0 Å². The zero-order chi connectivity index (χ0) is 11.7. The van der Waals surface area contributed by atoms with Crippen LogP contribution in [0.25, 0.3) is 0 Å². The highest BCUT2D eigenvalue weighted by Crippen LogP contribution is 2.21. The standard InChI is InChI=1S/C12H14FN3/c1-8-5-9(13)3-4-10(8)12(14)11-6-16(2)7-15-11/h3-7,12H,14H2,1-2H3. The third kappa shape index (κ3) is 1.97. The van der Waals surface area contributed by atoms with Gasteiger partial charge in [-0.05, 0) is 30.2 Å². The van der Waals surface area contributed by atoms with E-state index in [1.165, 1.54) is 12.1 Å². The van der Waals surface area contributed by atoms with E-state index in [2.05, 4.69) is 4.98 Å². The Bertz CT molecular complexity index is 505. The number of rotatable bonds is 2. The highest BCUT2D eigenvalue weighted by atomic mass is 19.1. The monoisotopic (exact) mass is 219 g/mol. The smallest absolute Gasteiger partial charge is 0.123 e. The second-order valence-corrected chi connectivity index (χ2v) is 3.94. The molecule has 0 fully saturated rings. The van der Waals surface area contributed by atoms with Crippen LogP contribution in [-0.4, -0.2) is 9.55 Å². The Kier molecular flexibility index (Phi) is 2.75. The molecule has 1 heterocycles. The molecule has 0 bridgehead atoms. The molecule has 1 atom stereocenters. The molecule has 0 radical (unpaired) electrons. The molecular weight excluding hydrogens is 205 g/mol. The molecule has 0 amide bonds. The van der Waals surface area contributed by atoms with E-state index in [1.54, 1.807) is 12.4 Å². The van der Waals surface area contributed by atoms with Crippen molar-refractivity contribution >= 4 is 0 Å². The molecular formula is C12H14FN3. The summed E-state index contributed by atoms with van der Waals surface area (Å²) in [5, 5.41) is 0. The fraction of sp³-hybridized carbons (Fsp3) is 0.250. The summed E-state index contributed by atoms with van der Waals surface area (Å²) in [7, 11) is 1.89. The molecule has 1 unspecified atom stereocenters. The van der Waals surface area contributed by atoms with Crippen LogP contribution in [0.1, 0.15) is 22.9 Å². The first-order valence-corrected chi connectivity index (χ1v) is 5.07. The van der Waals surface area contributed by atoms with Gasteiger partial charge in [0.1, 0.15) is 5.82 Å². The molecule has 0 spiro atoms. The summed E-state index contributed by atoms with van der Waals surface area (Å²) in [5.74, 6) is -0.241. The van der Waals surface area contributed by atoms with E-state index in [4.69, 9.17) is 5.73 Å². The van der Waals surface area contributed by atoms with Crippen molar-refractivity contribution in [3.05, 3.63) is 53.4 Å². The second-order valence-electron chi connectivity index (χ2n) is 3.94. The first-order chi connectivity index (χ1) is 7.58. The lowest BCUT2D eigenvalue weighted by Gasteiger charge is -2.12. The van der Waals surface area contributed by atoms with E-state index in [0.29, 0.717) is 0 Å². The molecule has 4 heteroatoms. The summed E-state index contributed by atoms with van der Waals surface area (Å²) in [6.07, 6.45) is 3.57. The van der Waals surface area contributed by atoms with Crippen LogP contribution in [-0.2, 0) is 7.05 Å². The maximum absolute atomic E-state index is 13.0. The van der Waals surface area contributed by atoms with Crippen LogP contribution in [0.2, 0.25) is 0 Å². The fourth-order valence-electron chi connectivity index (χ4n) is 1.74. The summed E-state index contributed by atoms with van der Waals surface area (Å²) < 4.78 is 14.8. The number of aromatic nitrogens is 2. The molecule has 2 aromatic rings. The van der Waals surface area contributed by atoms with Crippen molar-refractivity contribution in [2.45, 2.75) is 13.0 Å². The first-order valence-electron chi connectivity index (χ1n) is 5.07. The molecule has 1 aromatic heterocycles. The van der Waals surface area contributed by atoms with E-state index in [0.717, 1.165) is 16.8 Å². The number of halogens is 1. The van der Waals surface area contributed by atoms with Crippen molar-refractivity contribution in [3.63, 3.8) is 0 Å². The van der Waals surface area contributed by atoms with Crippen LogP contribution in [0.15, 0.2) is 30.7 Å². The summed E-state index contributed by atoms with van der Waals surface area (Å²) >= 11 is 0. The average Bonchev–Trinajstić information content (AvgIpc) is 2.64. The zero-order valence-electron chi connectivity index (χ0n) is 9.31. The highest BCUT2D eigenvalue weighted by Gasteiger charge is 2.13. The van der Waals surface area contributed by atoms with E-state index in [9.17, 15) is 4.39 Å². The van der Waals surface area contributed by atoms with Gasteiger partial charge in [0, 0.05) is 13.2 Å². The maximum atomic E-state index is 13.0. The topological polar surface area (TPSA) is 43.8 Å². The summed E-state index contributed by atoms with van der Waals surface area (Å²) in [5.41, 5.74) is 8.62. The molecule has 1 aromatic carbocycles. The van der Waals surface area contributed by atoms with Crippen LogP contribution in [0.4, 0.5) is 4.39 Å². The van der Waals surface area contributed by atoms with E-state index < -0.39 is 0 Å². The SMILES string of the molecule is Cc1cc(F)ccc1C(N)c1cn(C)cn1. The van der Waals surface area contributed by atoms with Crippen LogP contribution in [0.3, 0.4) is 0 Å². The molecule has 3 nitrogen and oxygen atoms in total. The summed E-state index contributed by atoms with van der Waals surface area (Å²) in [4.78, 5) is 4.20. The molecule has 0 aliphatic rings. The third-order valence-electron chi connectivity index (χ3n) is 2.61. The van der Waals surface area contributed by atoms with Crippen LogP contribution < -0.4 is 5.73 Å². The Labute approximate surface area is 93.7 Å². The normalized spacial score (nSPS) is 12.8. The molecule has 16 heavy (non-hydrogen) atoms. The number of benzene rings is 1. The van der Waals surface area contributed by atoms with Gasteiger partial charge in [-0.1, -0.05) is 6.07 Å². The van der Waals surface area contributed by atoms with Crippen molar-refractivity contribution in [3.8, 4) is 0 Å².